The number of pyridine rings is 1. The van der Waals surface area contributed by atoms with E-state index in [1.54, 1.807) is 43.6 Å². The maximum Gasteiger partial charge on any atom is 0.154 e. The smallest absolute Gasteiger partial charge is 0.154 e. The van der Waals surface area contributed by atoms with Gasteiger partial charge in [-0.05, 0) is 43.5 Å². The molecule has 1 aromatic heterocycles. The van der Waals surface area contributed by atoms with Gasteiger partial charge in [0.15, 0.2) is 11.3 Å². The summed E-state index contributed by atoms with van der Waals surface area (Å²) in [6.45, 7) is 1.61. The number of halogens is 1. The third-order valence-corrected chi connectivity index (χ3v) is 3.32. The number of nitrogen functional groups attached to an aromatic ring is 2. The molecule has 0 bridgehead atoms. The predicted octanol–water partition coefficient (Wildman–Crippen LogP) is 2.51. The van der Waals surface area contributed by atoms with Crippen LogP contribution in [-0.2, 0) is 0 Å². The molecular weight excluding hydrogens is 321 g/mol. The number of hydrogen-bond acceptors (Lipinski definition) is 5. The van der Waals surface area contributed by atoms with Gasteiger partial charge in [-0.1, -0.05) is 0 Å². The number of allylic oxidation sites excluding steroid dienone is 2. The molecule has 0 fully saturated rings. The van der Waals surface area contributed by atoms with E-state index in [1.807, 2.05) is 31.3 Å². The highest BCUT2D eigenvalue weighted by molar-refractivity contribution is 5.50. The molecule has 0 unspecified atom stereocenters. The first-order chi connectivity index (χ1) is 11.9. The van der Waals surface area contributed by atoms with E-state index >= 15 is 0 Å². The molecule has 132 valence electrons. The van der Waals surface area contributed by atoms with Crippen LogP contribution in [-0.4, -0.2) is 23.7 Å². The van der Waals surface area contributed by atoms with Crippen LogP contribution < -0.4 is 21.8 Å². The monoisotopic (exact) mass is 343 g/mol. The number of nitrogens with two attached hydrogens (primary N) is 2. The summed E-state index contributed by atoms with van der Waals surface area (Å²) >= 11 is 0. The molecule has 4 N–H and O–H groups in total. The zero-order valence-corrected chi connectivity index (χ0v) is 14.5. The van der Waals surface area contributed by atoms with Gasteiger partial charge in [-0.2, -0.15) is 0 Å². The molecule has 6 nitrogen and oxygen atoms in total. The SMILES string of the molecule is Cc1c(Oc2ccn(N)c(=N/C=C\C=C\N(C)C)c2)ccc(N)c1F. The molecule has 0 spiro atoms. The van der Waals surface area contributed by atoms with E-state index in [4.69, 9.17) is 16.3 Å². The molecule has 1 heterocycles. The normalized spacial score (nSPS) is 12.2. The molecule has 0 saturated carbocycles. The molecule has 2 aromatic rings. The molecule has 0 radical (unpaired) electrons. The molecule has 7 heteroatoms. The van der Waals surface area contributed by atoms with Gasteiger partial charge >= 0.3 is 0 Å². The van der Waals surface area contributed by atoms with E-state index in [-0.39, 0.29) is 5.69 Å². The van der Waals surface area contributed by atoms with E-state index in [1.165, 1.54) is 10.7 Å². The lowest BCUT2D eigenvalue weighted by Gasteiger charge is -2.11. The Bertz CT molecular complexity index is 868. The third kappa shape index (κ3) is 4.87. The van der Waals surface area contributed by atoms with Crippen molar-refractivity contribution >= 4 is 5.69 Å². The van der Waals surface area contributed by atoms with Crippen LogP contribution in [0.5, 0.6) is 11.5 Å². The summed E-state index contributed by atoms with van der Waals surface area (Å²) in [4.78, 5) is 6.19. The second kappa shape index (κ2) is 8.05. The van der Waals surface area contributed by atoms with E-state index in [9.17, 15) is 4.39 Å². The lowest BCUT2D eigenvalue weighted by Crippen LogP contribution is -2.26. The van der Waals surface area contributed by atoms with Crippen LogP contribution in [0.4, 0.5) is 10.1 Å². The highest BCUT2D eigenvalue weighted by Crippen LogP contribution is 2.28. The fourth-order valence-corrected chi connectivity index (χ4v) is 1.96. The number of benzene rings is 1. The number of nitrogens with zero attached hydrogens (tertiary/aromatic N) is 3. The van der Waals surface area contributed by atoms with Crippen molar-refractivity contribution in [3.8, 4) is 11.5 Å². The summed E-state index contributed by atoms with van der Waals surface area (Å²) in [7, 11) is 3.86. The van der Waals surface area contributed by atoms with Crippen molar-refractivity contribution in [2.24, 2.45) is 4.99 Å². The first-order valence-corrected chi connectivity index (χ1v) is 7.62. The number of aromatic nitrogens is 1. The summed E-state index contributed by atoms with van der Waals surface area (Å²) in [6, 6.07) is 6.42. The summed E-state index contributed by atoms with van der Waals surface area (Å²) in [5.74, 6) is 6.24. The number of rotatable bonds is 5. The molecule has 0 atom stereocenters. The van der Waals surface area contributed by atoms with Gasteiger partial charge < -0.3 is 21.2 Å². The van der Waals surface area contributed by atoms with Crippen LogP contribution in [0.15, 0.2) is 60.0 Å². The minimum Gasteiger partial charge on any atom is -0.457 e. The fourth-order valence-electron chi connectivity index (χ4n) is 1.96. The molecule has 0 amide bonds. The minimum absolute atomic E-state index is 0.0873. The van der Waals surface area contributed by atoms with E-state index < -0.39 is 5.82 Å². The maximum absolute atomic E-state index is 13.9. The Balaban J connectivity index is 2.26. The van der Waals surface area contributed by atoms with Gasteiger partial charge in [0.2, 0.25) is 0 Å². The Morgan fingerprint density at radius 3 is 2.72 bits per heavy atom. The Hall–Kier alpha value is -3.22. The topological polar surface area (TPSA) is 81.8 Å². The van der Waals surface area contributed by atoms with Crippen molar-refractivity contribution in [2.45, 2.75) is 6.92 Å². The third-order valence-electron chi connectivity index (χ3n) is 3.32. The predicted molar refractivity (Wildman–Crippen MR) is 97.7 cm³/mol. The number of ether oxygens (including phenoxy) is 1. The Labute approximate surface area is 146 Å². The largest absolute Gasteiger partial charge is 0.457 e. The van der Waals surface area contributed by atoms with Crippen molar-refractivity contribution in [3.63, 3.8) is 0 Å². The first-order valence-electron chi connectivity index (χ1n) is 7.62. The van der Waals surface area contributed by atoms with Crippen molar-refractivity contribution in [1.82, 2.24) is 9.58 Å². The van der Waals surface area contributed by atoms with Gasteiger partial charge in [0, 0.05) is 38.1 Å². The molecule has 0 aliphatic carbocycles. The summed E-state index contributed by atoms with van der Waals surface area (Å²) in [5.41, 5.74) is 6.46. The standard InChI is InChI=1S/C18H22FN5O/c1-13-16(7-6-15(20)18(13)19)25-14-8-11-24(21)17(12-14)22-9-4-5-10-23(2)3/h4-12H,20-21H2,1-3H3/b9-4-,10-5+,22-17?. The van der Waals surface area contributed by atoms with Crippen LogP contribution >= 0.6 is 0 Å². The lowest BCUT2D eigenvalue weighted by molar-refractivity contribution is 0.469. The number of anilines is 1. The van der Waals surface area contributed by atoms with E-state index in [0.29, 0.717) is 22.6 Å². The van der Waals surface area contributed by atoms with Gasteiger partial charge in [-0.25, -0.2) is 9.38 Å². The quantitative estimate of drug-likeness (QED) is 0.496. The minimum atomic E-state index is -0.483. The molecule has 2 rings (SSSR count). The van der Waals surface area contributed by atoms with E-state index in [0.717, 1.165) is 0 Å². The maximum atomic E-state index is 13.9. The van der Waals surface area contributed by atoms with Gasteiger partial charge in [-0.3, -0.25) is 4.68 Å². The van der Waals surface area contributed by atoms with Crippen molar-refractivity contribution in [2.75, 3.05) is 25.7 Å². The zero-order valence-electron chi connectivity index (χ0n) is 14.5. The fraction of sp³-hybridized carbons (Fsp3) is 0.167. The van der Waals surface area contributed by atoms with Gasteiger partial charge in [-0.15, -0.1) is 0 Å². The van der Waals surface area contributed by atoms with Crippen LogP contribution in [0.2, 0.25) is 0 Å². The highest BCUT2D eigenvalue weighted by atomic mass is 19.1. The zero-order chi connectivity index (χ0) is 18.4. The first kappa shape index (κ1) is 18.1. The van der Waals surface area contributed by atoms with E-state index in [2.05, 4.69) is 4.99 Å². The average Bonchev–Trinajstić information content (AvgIpc) is 2.57. The van der Waals surface area contributed by atoms with Crippen molar-refractivity contribution < 1.29 is 9.13 Å². The molecule has 0 aliphatic rings. The Kier molecular flexibility index (Phi) is 5.84. The van der Waals surface area contributed by atoms with Crippen LogP contribution in [0, 0.1) is 12.7 Å². The van der Waals surface area contributed by atoms with Crippen LogP contribution in [0.25, 0.3) is 0 Å². The Morgan fingerprint density at radius 2 is 2.00 bits per heavy atom. The molecule has 1 aromatic carbocycles. The van der Waals surface area contributed by atoms with Crippen molar-refractivity contribution in [3.05, 3.63) is 71.9 Å². The summed E-state index contributed by atoms with van der Waals surface area (Å²) < 4.78 is 21.0. The summed E-state index contributed by atoms with van der Waals surface area (Å²) in [5, 5.41) is 0. The lowest BCUT2D eigenvalue weighted by atomic mass is 10.2. The van der Waals surface area contributed by atoms with Crippen molar-refractivity contribution in [1.29, 1.82) is 0 Å². The average molecular weight is 343 g/mol. The molecular formula is C18H22FN5O. The second-order valence-electron chi connectivity index (χ2n) is 5.60. The van der Waals surface area contributed by atoms with Crippen LogP contribution in [0.3, 0.4) is 0 Å². The highest BCUT2D eigenvalue weighted by Gasteiger charge is 2.09. The van der Waals surface area contributed by atoms with Gasteiger partial charge in [0.1, 0.15) is 11.5 Å². The Morgan fingerprint density at radius 1 is 1.24 bits per heavy atom. The van der Waals surface area contributed by atoms with Crippen LogP contribution in [0.1, 0.15) is 5.56 Å². The second-order valence-corrected chi connectivity index (χ2v) is 5.60. The summed E-state index contributed by atoms with van der Waals surface area (Å²) in [6.07, 6.45) is 8.76. The van der Waals surface area contributed by atoms with Gasteiger partial charge in [0.25, 0.3) is 0 Å². The van der Waals surface area contributed by atoms with Gasteiger partial charge in [0.05, 0.1) is 5.69 Å². The molecule has 0 aliphatic heterocycles. The molecule has 25 heavy (non-hydrogen) atoms. The number of hydrogen-bond donors (Lipinski definition) is 2. The molecule has 0 saturated heterocycles.